The van der Waals surface area contributed by atoms with Crippen molar-refractivity contribution in [2.45, 2.75) is 18.7 Å². The van der Waals surface area contributed by atoms with E-state index < -0.39 is 6.10 Å². The van der Waals surface area contributed by atoms with Gasteiger partial charge in [-0.2, -0.15) is 0 Å². The molecule has 128 valence electrons. The van der Waals surface area contributed by atoms with Crippen molar-refractivity contribution in [1.29, 1.82) is 0 Å². The van der Waals surface area contributed by atoms with E-state index in [-0.39, 0.29) is 6.04 Å². The Morgan fingerprint density at radius 2 is 1.44 bits per heavy atom. The minimum atomic E-state index is -0.618. The highest BCUT2D eigenvalue weighted by atomic mass is 35.5. The Balaban J connectivity index is 1.91. The van der Waals surface area contributed by atoms with Gasteiger partial charge in [-0.3, -0.25) is 4.90 Å². The van der Waals surface area contributed by atoms with Crippen molar-refractivity contribution in [3.8, 4) is 0 Å². The van der Waals surface area contributed by atoms with E-state index in [0.29, 0.717) is 6.54 Å². The third kappa shape index (κ3) is 4.49. The second-order valence-corrected chi connectivity index (χ2v) is 6.69. The molecule has 0 amide bonds. The molecular formula is C22H22ClNO. The summed E-state index contributed by atoms with van der Waals surface area (Å²) in [6.45, 7) is 0.698. The standard InChI is InChI=1S/C22H22ClNO/c1-24(16-17-9-8-14-20(23)15-17)21(18-10-4-2-5-11-18)22(25)19-12-6-3-7-13-19/h2-15,21-22,25H,16H2,1H3/t21-,22+/m0/s1. The second kappa shape index (κ2) is 8.30. The lowest BCUT2D eigenvalue weighted by Gasteiger charge is -2.33. The summed E-state index contributed by atoms with van der Waals surface area (Å²) in [4.78, 5) is 2.17. The monoisotopic (exact) mass is 351 g/mol. The average molecular weight is 352 g/mol. The van der Waals surface area contributed by atoms with Crippen LogP contribution in [0, 0.1) is 0 Å². The number of aliphatic hydroxyl groups is 1. The molecule has 0 aromatic heterocycles. The van der Waals surface area contributed by atoms with E-state index in [4.69, 9.17) is 11.6 Å². The first kappa shape index (κ1) is 17.7. The Hall–Kier alpha value is -2.13. The van der Waals surface area contributed by atoms with Crippen molar-refractivity contribution < 1.29 is 5.11 Å². The second-order valence-electron chi connectivity index (χ2n) is 6.26. The van der Waals surface area contributed by atoms with Gasteiger partial charge in [-0.05, 0) is 35.9 Å². The zero-order valence-corrected chi connectivity index (χ0v) is 15.0. The first-order chi connectivity index (χ1) is 12.1. The van der Waals surface area contributed by atoms with Crippen molar-refractivity contribution >= 4 is 11.6 Å². The number of nitrogens with zero attached hydrogens (tertiary/aromatic N) is 1. The summed E-state index contributed by atoms with van der Waals surface area (Å²) in [7, 11) is 2.03. The topological polar surface area (TPSA) is 23.5 Å². The SMILES string of the molecule is CN(Cc1cccc(Cl)c1)[C@@H](c1ccccc1)[C@H](O)c1ccccc1. The third-order valence-electron chi connectivity index (χ3n) is 4.38. The summed E-state index contributed by atoms with van der Waals surface area (Å²) in [5, 5.41) is 11.8. The third-order valence-corrected chi connectivity index (χ3v) is 4.61. The zero-order chi connectivity index (χ0) is 17.6. The van der Waals surface area contributed by atoms with Gasteiger partial charge in [0.05, 0.1) is 12.1 Å². The minimum absolute atomic E-state index is 0.150. The maximum atomic E-state index is 11.1. The number of rotatable bonds is 6. The Morgan fingerprint density at radius 1 is 0.840 bits per heavy atom. The molecule has 3 heteroatoms. The number of aliphatic hydroxyl groups excluding tert-OH is 1. The van der Waals surface area contributed by atoms with Crippen molar-refractivity contribution in [3.05, 3.63) is 107 Å². The van der Waals surface area contributed by atoms with E-state index in [0.717, 1.165) is 21.7 Å². The van der Waals surface area contributed by atoms with Gasteiger partial charge in [0, 0.05) is 11.6 Å². The summed E-state index contributed by atoms with van der Waals surface area (Å²) in [6, 6.07) is 27.6. The van der Waals surface area contributed by atoms with Gasteiger partial charge in [0.1, 0.15) is 0 Å². The molecule has 0 fully saturated rings. The van der Waals surface area contributed by atoms with Gasteiger partial charge in [0.15, 0.2) is 0 Å². The van der Waals surface area contributed by atoms with Crippen molar-refractivity contribution in [1.82, 2.24) is 4.90 Å². The molecular weight excluding hydrogens is 330 g/mol. The average Bonchev–Trinajstić information content (AvgIpc) is 2.63. The van der Waals surface area contributed by atoms with Crippen LogP contribution in [0.3, 0.4) is 0 Å². The van der Waals surface area contributed by atoms with Crippen LogP contribution in [0.5, 0.6) is 0 Å². The van der Waals surface area contributed by atoms with E-state index in [2.05, 4.69) is 23.1 Å². The highest BCUT2D eigenvalue weighted by molar-refractivity contribution is 6.30. The largest absolute Gasteiger partial charge is 0.386 e. The molecule has 0 bridgehead atoms. The van der Waals surface area contributed by atoms with Crippen LogP contribution in [0.25, 0.3) is 0 Å². The fourth-order valence-corrected chi connectivity index (χ4v) is 3.40. The first-order valence-electron chi connectivity index (χ1n) is 8.38. The van der Waals surface area contributed by atoms with Gasteiger partial charge in [-0.1, -0.05) is 84.4 Å². The lowest BCUT2D eigenvalue weighted by molar-refractivity contribution is 0.0579. The molecule has 3 aromatic carbocycles. The first-order valence-corrected chi connectivity index (χ1v) is 8.75. The Labute approximate surface area is 154 Å². The van der Waals surface area contributed by atoms with Crippen molar-refractivity contribution in [2.24, 2.45) is 0 Å². The van der Waals surface area contributed by atoms with Gasteiger partial charge in [-0.15, -0.1) is 0 Å². The van der Waals surface area contributed by atoms with Crippen LogP contribution in [0.2, 0.25) is 5.02 Å². The highest BCUT2D eigenvalue weighted by Gasteiger charge is 2.26. The Morgan fingerprint density at radius 3 is 2.04 bits per heavy atom. The number of likely N-dealkylation sites (N-methyl/N-ethyl adjacent to an activating group) is 1. The summed E-state index contributed by atoms with van der Waals surface area (Å²) < 4.78 is 0. The van der Waals surface area contributed by atoms with Gasteiger partial charge >= 0.3 is 0 Å². The van der Waals surface area contributed by atoms with Gasteiger partial charge < -0.3 is 5.11 Å². The summed E-state index contributed by atoms with van der Waals surface area (Å²) in [6.07, 6.45) is -0.618. The lowest BCUT2D eigenvalue weighted by atomic mass is 9.94. The lowest BCUT2D eigenvalue weighted by Crippen LogP contribution is -2.29. The predicted octanol–water partition coefficient (Wildman–Crippen LogP) is 5.25. The van der Waals surface area contributed by atoms with E-state index in [9.17, 15) is 5.11 Å². The van der Waals surface area contributed by atoms with Crippen LogP contribution < -0.4 is 0 Å². The Bertz CT molecular complexity index is 791. The number of halogens is 1. The van der Waals surface area contributed by atoms with Crippen LogP contribution in [-0.4, -0.2) is 17.1 Å². The molecule has 0 saturated heterocycles. The van der Waals surface area contributed by atoms with Gasteiger partial charge in [-0.25, -0.2) is 0 Å². The number of hydrogen-bond acceptors (Lipinski definition) is 2. The molecule has 0 aliphatic carbocycles. The molecule has 3 aromatic rings. The van der Waals surface area contributed by atoms with E-state index in [1.807, 2.05) is 73.8 Å². The van der Waals surface area contributed by atoms with Crippen LogP contribution in [0.15, 0.2) is 84.9 Å². The van der Waals surface area contributed by atoms with E-state index in [1.165, 1.54) is 0 Å². The van der Waals surface area contributed by atoms with E-state index in [1.54, 1.807) is 0 Å². The molecule has 0 spiro atoms. The van der Waals surface area contributed by atoms with E-state index >= 15 is 0 Å². The Kier molecular flexibility index (Phi) is 5.87. The van der Waals surface area contributed by atoms with Crippen LogP contribution in [0.1, 0.15) is 28.8 Å². The molecule has 2 nitrogen and oxygen atoms in total. The molecule has 0 saturated carbocycles. The van der Waals surface area contributed by atoms with Gasteiger partial charge in [0.2, 0.25) is 0 Å². The molecule has 1 N–H and O–H groups in total. The minimum Gasteiger partial charge on any atom is -0.386 e. The molecule has 25 heavy (non-hydrogen) atoms. The van der Waals surface area contributed by atoms with Crippen molar-refractivity contribution in [3.63, 3.8) is 0 Å². The van der Waals surface area contributed by atoms with Crippen LogP contribution in [0.4, 0.5) is 0 Å². The number of benzene rings is 3. The molecule has 0 radical (unpaired) electrons. The molecule has 0 unspecified atom stereocenters. The van der Waals surface area contributed by atoms with Crippen LogP contribution >= 0.6 is 11.6 Å². The molecule has 2 atom stereocenters. The maximum Gasteiger partial charge on any atom is 0.0986 e. The van der Waals surface area contributed by atoms with Crippen LogP contribution in [-0.2, 0) is 6.54 Å². The summed E-state index contributed by atoms with van der Waals surface area (Å²) in [5.41, 5.74) is 3.12. The zero-order valence-electron chi connectivity index (χ0n) is 14.2. The summed E-state index contributed by atoms with van der Waals surface area (Å²) >= 11 is 6.12. The normalized spacial score (nSPS) is 13.6. The molecule has 0 aliphatic rings. The highest BCUT2D eigenvalue weighted by Crippen LogP contribution is 2.34. The summed E-state index contributed by atoms with van der Waals surface area (Å²) in [5.74, 6) is 0. The quantitative estimate of drug-likeness (QED) is 0.656. The fourth-order valence-electron chi connectivity index (χ4n) is 3.18. The molecule has 0 heterocycles. The predicted molar refractivity (Wildman–Crippen MR) is 104 cm³/mol. The fraction of sp³-hybridized carbons (Fsp3) is 0.182. The molecule has 3 rings (SSSR count). The van der Waals surface area contributed by atoms with Gasteiger partial charge in [0.25, 0.3) is 0 Å². The van der Waals surface area contributed by atoms with Crippen molar-refractivity contribution in [2.75, 3.05) is 7.05 Å². The maximum absolute atomic E-state index is 11.1. The smallest absolute Gasteiger partial charge is 0.0986 e. The number of hydrogen-bond donors (Lipinski definition) is 1. The molecule has 0 aliphatic heterocycles.